The average molecular weight is 355 g/mol. The summed E-state index contributed by atoms with van der Waals surface area (Å²) >= 11 is 0. The highest BCUT2D eigenvalue weighted by atomic mass is 19.4. The second-order valence-electron chi connectivity index (χ2n) is 5.97. The van der Waals surface area contributed by atoms with Gasteiger partial charge in [-0.3, -0.25) is 4.79 Å². The Morgan fingerprint density at radius 2 is 1.84 bits per heavy atom. The van der Waals surface area contributed by atoms with Gasteiger partial charge in [-0.15, -0.1) is 0 Å². The van der Waals surface area contributed by atoms with Crippen LogP contribution in [-0.4, -0.2) is 33.7 Å². The highest BCUT2D eigenvalue weighted by Crippen LogP contribution is 2.32. The fraction of sp³-hybridized carbons (Fsp3) is 0.412. The zero-order valence-corrected chi connectivity index (χ0v) is 13.4. The molecule has 1 aliphatic heterocycles. The Balaban J connectivity index is 1.91. The first-order chi connectivity index (χ1) is 11.9. The number of benzene rings is 1. The number of likely N-dealkylation sites (tertiary alicyclic amines) is 1. The molecule has 2 aromatic rings. The Hall–Kier alpha value is -2.38. The standard InChI is InChI=1S/C17H17F4N3O/c18-11-24-15(17(19,20)21)10-14(22-24)12-5-4-6-13(9-12)16(25)23-7-2-1-3-8-23/h4-6,9-10H,1-3,7-8,11H2. The molecule has 8 heteroatoms. The third kappa shape index (κ3) is 3.67. The van der Waals surface area contributed by atoms with Gasteiger partial charge < -0.3 is 4.90 Å². The molecule has 1 amide bonds. The number of aromatic nitrogens is 2. The van der Waals surface area contributed by atoms with Gasteiger partial charge in [0.25, 0.3) is 5.91 Å². The van der Waals surface area contributed by atoms with Crippen LogP contribution >= 0.6 is 0 Å². The monoisotopic (exact) mass is 355 g/mol. The largest absolute Gasteiger partial charge is 0.433 e. The quantitative estimate of drug-likeness (QED) is 0.777. The van der Waals surface area contributed by atoms with Crippen molar-refractivity contribution in [2.24, 2.45) is 0 Å². The maximum atomic E-state index is 12.9. The van der Waals surface area contributed by atoms with Crippen molar-refractivity contribution >= 4 is 5.91 Å². The number of alkyl halides is 4. The second-order valence-corrected chi connectivity index (χ2v) is 5.97. The van der Waals surface area contributed by atoms with E-state index in [1.807, 2.05) is 0 Å². The highest BCUT2D eigenvalue weighted by Gasteiger charge is 2.36. The maximum absolute atomic E-state index is 12.9. The van der Waals surface area contributed by atoms with E-state index in [1.54, 1.807) is 23.1 Å². The molecule has 0 N–H and O–H groups in total. The van der Waals surface area contributed by atoms with Crippen LogP contribution in [0.4, 0.5) is 17.6 Å². The lowest BCUT2D eigenvalue weighted by Crippen LogP contribution is -2.35. The van der Waals surface area contributed by atoms with Crippen LogP contribution in [-0.2, 0) is 13.0 Å². The van der Waals surface area contributed by atoms with Gasteiger partial charge in [0, 0.05) is 24.2 Å². The van der Waals surface area contributed by atoms with Crippen molar-refractivity contribution in [2.75, 3.05) is 13.1 Å². The number of carbonyl (C=O) groups is 1. The third-order valence-electron chi connectivity index (χ3n) is 4.23. The van der Waals surface area contributed by atoms with Gasteiger partial charge in [-0.05, 0) is 37.5 Å². The van der Waals surface area contributed by atoms with Gasteiger partial charge >= 0.3 is 6.18 Å². The van der Waals surface area contributed by atoms with Crippen molar-refractivity contribution in [2.45, 2.75) is 32.2 Å². The Morgan fingerprint density at radius 3 is 2.44 bits per heavy atom. The van der Waals surface area contributed by atoms with E-state index in [0.717, 1.165) is 25.3 Å². The summed E-state index contributed by atoms with van der Waals surface area (Å²) in [6.07, 6.45) is -1.72. The van der Waals surface area contributed by atoms with Crippen LogP contribution in [0, 0.1) is 0 Å². The molecule has 1 fully saturated rings. The summed E-state index contributed by atoms with van der Waals surface area (Å²) in [7, 11) is 0. The van der Waals surface area contributed by atoms with Gasteiger partial charge in [0.15, 0.2) is 6.80 Å². The molecule has 1 aromatic carbocycles. The minimum Gasteiger partial charge on any atom is -0.339 e. The van der Waals surface area contributed by atoms with Crippen molar-refractivity contribution < 1.29 is 22.4 Å². The Kier molecular flexibility index (Phi) is 4.78. The zero-order chi connectivity index (χ0) is 18.0. The molecule has 3 rings (SSSR count). The average Bonchev–Trinajstić information content (AvgIpc) is 3.07. The summed E-state index contributed by atoms with van der Waals surface area (Å²) in [6.45, 7) is -0.0171. The molecule has 0 radical (unpaired) electrons. The van der Waals surface area contributed by atoms with E-state index >= 15 is 0 Å². The maximum Gasteiger partial charge on any atom is 0.433 e. The Labute approximate surface area is 142 Å². The zero-order valence-electron chi connectivity index (χ0n) is 13.4. The van der Waals surface area contributed by atoms with Gasteiger partial charge in [0.05, 0.1) is 5.69 Å². The molecule has 134 valence electrons. The lowest BCUT2D eigenvalue weighted by atomic mass is 10.1. The van der Waals surface area contributed by atoms with Crippen LogP contribution in [0.25, 0.3) is 11.3 Å². The normalized spacial score (nSPS) is 15.4. The predicted molar refractivity (Wildman–Crippen MR) is 83.5 cm³/mol. The molecule has 1 saturated heterocycles. The molecule has 0 spiro atoms. The van der Waals surface area contributed by atoms with Crippen LogP contribution in [0.2, 0.25) is 0 Å². The SMILES string of the molecule is O=C(c1cccc(-c2cc(C(F)(F)F)n(CF)n2)c1)N1CCCCC1. The van der Waals surface area contributed by atoms with Crippen LogP contribution in [0.3, 0.4) is 0 Å². The topological polar surface area (TPSA) is 38.1 Å². The van der Waals surface area contributed by atoms with Crippen molar-refractivity contribution in [3.8, 4) is 11.3 Å². The summed E-state index contributed by atoms with van der Waals surface area (Å²) in [6, 6.07) is 7.07. The minimum absolute atomic E-state index is 0.0155. The summed E-state index contributed by atoms with van der Waals surface area (Å²) in [5.74, 6) is -0.150. The number of halogens is 4. The van der Waals surface area contributed by atoms with E-state index < -0.39 is 18.7 Å². The van der Waals surface area contributed by atoms with Crippen LogP contribution in [0.5, 0.6) is 0 Å². The predicted octanol–water partition coefficient (Wildman–Crippen LogP) is 4.12. The van der Waals surface area contributed by atoms with Crippen LogP contribution in [0.1, 0.15) is 35.3 Å². The molecule has 0 unspecified atom stereocenters. The van der Waals surface area contributed by atoms with Gasteiger partial charge in [-0.2, -0.15) is 18.3 Å². The second kappa shape index (κ2) is 6.85. The molecule has 1 aromatic heterocycles. The van der Waals surface area contributed by atoms with Gasteiger partial charge in [-0.25, -0.2) is 9.07 Å². The summed E-state index contributed by atoms with van der Waals surface area (Å²) in [5, 5.41) is 3.68. The van der Waals surface area contributed by atoms with Crippen LogP contribution < -0.4 is 0 Å². The van der Waals surface area contributed by atoms with Crippen molar-refractivity contribution in [1.29, 1.82) is 0 Å². The van der Waals surface area contributed by atoms with E-state index in [1.165, 1.54) is 6.07 Å². The molecule has 25 heavy (non-hydrogen) atoms. The third-order valence-corrected chi connectivity index (χ3v) is 4.23. The Morgan fingerprint density at radius 1 is 1.12 bits per heavy atom. The smallest absolute Gasteiger partial charge is 0.339 e. The number of rotatable bonds is 3. The van der Waals surface area contributed by atoms with Crippen molar-refractivity contribution in [3.63, 3.8) is 0 Å². The number of piperidine rings is 1. The van der Waals surface area contributed by atoms with Gasteiger partial charge in [0.2, 0.25) is 0 Å². The molecular formula is C17H17F4N3O. The number of amides is 1. The first kappa shape index (κ1) is 17.4. The fourth-order valence-electron chi connectivity index (χ4n) is 2.97. The molecule has 0 atom stereocenters. The van der Waals surface area contributed by atoms with Crippen molar-refractivity contribution in [1.82, 2.24) is 14.7 Å². The van der Waals surface area contributed by atoms with Crippen molar-refractivity contribution in [3.05, 3.63) is 41.6 Å². The number of hydrogen-bond acceptors (Lipinski definition) is 2. The molecule has 1 aliphatic rings. The van der Waals surface area contributed by atoms with Gasteiger partial charge in [0.1, 0.15) is 5.69 Å². The fourth-order valence-corrected chi connectivity index (χ4v) is 2.97. The first-order valence-corrected chi connectivity index (χ1v) is 8.01. The highest BCUT2D eigenvalue weighted by molar-refractivity contribution is 5.95. The number of hydrogen-bond donors (Lipinski definition) is 0. The molecule has 4 nitrogen and oxygen atoms in total. The van der Waals surface area contributed by atoms with E-state index in [4.69, 9.17) is 0 Å². The summed E-state index contributed by atoms with van der Waals surface area (Å²) in [5.41, 5.74) is -0.431. The molecule has 0 aliphatic carbocycles. The molecular weight excluding hydrogens is 338 g/mol. The van der Waals surface area contributed by atoms with E-state index in [2.05, 4.69) is 5.10 Å². The lowest BCUT2D eigenvalue weighted by Gasteiger charge is -2.26. The minimum atomic E-state index is -4.70. The molecule has 2 heterocycles. The molecule has 0 bridgehead atoms. The first-order valence-electron chi connectivity index (χ1n) is 8.01. The Bertz CT molecular complexity index is 763. The lowest BCUT2D eigenvalue weighted by molar-refractivity contribution is -0.145. The summed E-state index contributed by atoms with van der Waals surface area (Å²) < 4.78 is 51.9. The van der Waals surface area contributed by atoms with E-state index in [0.29, 0.717) is 24.2 Å². The number of nitrogens with zero attached hydrogens (tertiary/aromatic N) is 3. The number of carbonyl (C=O) groups excluding carboxylic acids is 1. The van der Waals surface area contributed by atoms with E-state index in [-0.39, 0.29) is 16.3 Å². The van der Waals surface area contributed by atoms with E-state index in [9.17, 15) is 22.4 Å². The van der Waals surface area contributed by atoms with Crippen LogP contribution in [0.15, 0.2) is 30.3 Å². The summed E-state index contributed by atoms with van der Waals surface area (Å²) in [4.78, 5) is 14.3. The molecule has 0 saturated carbocycles. The van der Waals surface area contributed by atoms with Gasteiger partial charge in [-0.1, -0.05) is 12.1 Å².